The number of anilines is 3. The molecular formula is C33H35BN2O5. The van der Waals surface area contributed by atoms with E-state index in [9.17, 15) is 19.7 Å². The SMILES string of the molecule is Cc1cc([C@@H]2C[C@@H]3C(=C(C(C)C)C[C@@H]4C(=O)N(c5ccc(Nc6ccccc6)cc5)C(=O)[C@@H]43)B(O)O2)cc(C)c1O. The van der Waals surface area contributed by atoms with Crippen molar-refractivity contribution in [2.24, 2.45) is 23.7 Å². The van der Waals surface area contributed by atoms with E-state index in [1.54, 1.807) is 12.1 Å². The highest BCUT2D eigenvalue weighted by molar-refractivity contribution is 6.53. The number of benzene rings is 3. The molecule has 0 aromatic heterocycles. The highest BCUT2D eigenvalue weighted by Crippen LogP contribution is 2.53. The average Bonchev–Trinajstić information content (AvgIpc) is 3.21. The standard InChI is InChI=1S/C33H35BN2O5/c1-18(2)25-16-27-29(26-17-28(41-34(40)30(25)26)21-14-19(3)31(37)20(4)15-21)33(39)36(32(27)38)24-12-10-23(11-13-24)35-22-8-6-5-7-9-22/h5-15,18,26-29,35,37,40H,16-17H2,1-4H3/t26-,27-,28-,29+/m0/s1. The summed E-state index contributed by atoms with van der Waals surface area (Å²) in [4.78, 5) is 29.3. The molecular weight excluding hydrogens is 515 g/mol. The first kappa shape index (κ1) is 27.3. The van der Waals surface area contributed by atoms with Crippen LogP contribution in [0.1, 0.15) is 49.5 Å². The lowest BCUT2D eigenvalue weighted by atomic mass is 9.54. The van der Waals surface area contributed by atoms with Crippen molar-refractivity contribution >= 4 is 36.0 Å². The van der Waals surface area contributed by atoms with Crippen molar-refractivity contribution in [3.8, 4) is 5.75 Å². The van der Waals surface area contributed by atoms with Gasteiger partial charge in [0.25, 0.3) is 0 Å². The number of para-hydroxylation sites is 1. The summed E-state index contributed by atoms with van der Waals surface area (Å²) >= 11 is 0. The van der Waals surface area contributed by atoms with Crippen LogP contribution in [0.5, 0.6) is 5.75 Å². The van der Waals surface area contributed by atoms with E-state index in [-0.39, 0.29) is 29.4 Å². The number of aromatic hydroxyl groups is 1. The second-order valence-corrected chi connectivity index (χ2v) is 11.8. The van der Waals surface area contributed by atoms with E-state index in [0.717, 1.165) is 39.1 Å². The molecule has 0 bridgehead atoms. The van der Waals surface area contributed by atoms with Crippen LogP contribution in [0, 0.1) is 37.5 Å². The molecule has 4 atom stereocenters. The zero-order valence-electron chi connectivity index (χ0n) is 23.8. The number of amides is 2. The van der Waals surface area contributed by atoms with Crippen LogP contribution in [0.25, 0.3) is 0 Å². The molecule has 3 aromatic carbocycles. The number of nitrogens with zero attached hydrogens (tertiary/aromatic N) is 1. The quantitative estimate of drug-likeness (QED) is 0.266. The fourth-order valence-corrected chi connectivity index (χ4v) is 6.93. The summed E-state index contributed by atoms with van der Waals surface area (Å²) < 4.78 is 6.16. The topological polar surface area (TPSA) is 99.1 Å². The molecule has 210 valence electrons. The van der Waals surface area contributed by atoms with Gasteiger partial charge in [-0.1, -0.05) is 37.6 Å². The molecule has 0 radical (unpaired) electrons. The fraction of sp³-hybridized carbons (Fsp3) is 0.333. The predicted molar refractivity (Wildman–Crippen MR) is 160 cm³/mol. The van der Waals surface area contributed by atoms with Gasteiger partial charge in [0.05, 0.1) is 23.6 Å². The monoisotopic (exact) mass is 550 g/mol. The number of allylic oxidation sites excluding steroid dienone is 2. The lowest BCUT2D eigenvalue weighted by molar-refractivity contribution is -0.123. The maximum atomic E-state index is 14.1. The van der Waals surface area contributed by atoms with Crippen molar-refractivity contribution in [3.05, 3.63) is 94.5 Å². The zero-order chi connectivity index (χ0) is 29.0. The zero-order valence-corrected chi connectivity index (χ0v) is 23.8. The minimum Gasteiger partial charge on any atom is -0.507 e. The molecule has 3 N–H and O–H groups in total. The Kier molecular flexibility index (Phi) is 7.00. The molecule has 2 saturated heterocycles. The Morgan fingerprint density at radius 1 is 0.927 bits per heavy atom. The number of carbonyl (C=O) groups is 2. The van der Waals surface area contributed by atoms with E-state index in [0.29, 0.717) is 18.5 Å². The molecule has 3 aliphatic rings. The first-order chi connectivity index (χ1) is 19.6. The molecule has 41 heavy (non-hydrogen) atoms. The Bertz CT molecular complexity index is 1510. The number of aryl methyl sites for hydroxylation is 2. The Labute approximate surface area is 241 Å². The highest BCUT2D eigenvalue weighted by atomic mass is 16.5. The Morgan fingerprint density at radius 3 is 2.20 bits per heavy atom. The van der Waals surface area contributed by atoms with Crippen LogP contribution < -0.4 is 10.2 Å². The molecule has 2 heterocycles. The number of imide groups is 1. The van der Waals surface area contributed by atoms with Gasteiger partial charge in [-0.2, -0.15) is 0 Å². The van der Waals surface area contributed by atoms with Crippen LogP contribution in [0.15, 0.2) is 77.8 Å². The largest absolute Gasteiger partial charge is 0.507 e. The van der Waals surface area contributed by atoms with Crippen molar-refractivity contribution in [2.45, 2.75) is 46.6 Å². The third-order valence-electron chi connectivity index (χ3n) is 8.92. The van der Waals surface area contributed by atoms with E-state index < -0.39 is 25.1 Å². The summed E-state index contributed by atoms with van der Waals surface area (Å²) in [6.45, 7) is 7.79. The molecule has 0 saturated carbocycles. The highest BCUT2D eigenvalue weighted by Gasteiger charge is 2.58. The Hall–Kier alpha value is -3.88. The van der Waals surface area contributed by atoms with Gasteiger partial charge in [0.1, 0.15) is 5.75 Å². The fourth-order valence-electron chi connectivity index (χ4n) is 6.93. The summed E-state index contributed by atoms with van der Waals surface area (Å²) in [7, 11) is -1.16. The second-order valence-electron chi connectivity index (χ2n) is 11.8. The van der Waals surface area contributed by atoms with Gasteiger partial charge in [-0.3, -0.25) is 14.5 Å². The maximum Gasteiger partial charge on any atom is 0.487 e. The molecule has 8 heteroatoms. The normalized spacial score (nSPS) is 24.1. The number of nitrogens with one attached hydrogen (secondary N) is 1. The van der Waals surface area contributed by atoms with Crippen LogP contribution >= 0.6 is 0 Å². The molecule has 6 rings (SSSR count). The third kappa shape index (κ3) is 4.75. The average molecular weight is 550 g/mol. The van der Waals surface area contributed by atoms with Gasteiger partial charge in [-0.05, 0) is 109 Å². The molecule has 2 fully saturated rings. The van der Waals surface area contributed by atoms with Crippen LogP contribution in [0.4, 0.5) is 17.1 Å². The molecule has 7 nitrogen and oxygen atoms in total. The van der Waals surface area contributed by atoms with Gasteiger partial charge in [-0.25, -0.2) is 0 Å². The van der Waals surface area contributed by atoms with Gasteiger partial charge in [-0.15, -0.1) is 0 Å². The first-order valence-corrected chi connectivity index (χ1v) is 14.3. The Morgan fingerprint density at radius 2 is 1.56 bits per heavy atom. The van der Waals surface area contributed by atoms with Crippen molar-refractivity contribution in [2.75, 3.05) is 10.2 Å². The van der Waals surface area contributed by atoms with Gasteiger partial charge in [0, 0.05) is 11.4 Å². The minimum absolute atomic E-state index is 0.0988. The van der Waals surface area contributed by atoms with E-state index in [4.69, 9.17) is 4.65 Å². The number of phenolic OH excluding ortho intramolecular Hbond substituents is 1. The number of rotatable bonds is 5. The number of hydrogen-bond donors (Lipinski definition) is 3. The van der Waals surface area contributed by atoms with Gasteiger partial charge in [0.2, 0.25) is 11.8 Å². The minimum atomic E-state index is -1.16. The van der Waals surface area contributed by atoms with E-state index in [2.05, 4.69) is 19.2 Å². The van der Waals surface area contributed by atoms with Crippen LogP contribution in [-0.4, -0.2) is 29.1 Å². The van der Waals surface area contributed by atoms with E-state index in [1.165, 1.54) is 4.90 Å². The van der Waals surface area contributed by atoms with Gasteiger partial charge in [0.15, 0.2) is 0 Å². The summed E-state index contributed by atoms with van der Waals surface area (Å²) in [6, 6.07) is 20.9. The van der Waals surface area contributed by atoms with E-state index >= 15 is 0 Å². The van der Waals surface area contributed by atoms with Crippen molar-refractivity contribution in [1.82, 2.24) is 0 Å². The third-order valence-corrected chi connectivity index (χ3v) is 8.92. The van der Waals surface area contributed by atoms with Crippen molar-refractivity contribution in [1.29, 1.82) is 0 Å². The smallest absolute Gasteiger partial charge is 0.487 e. The summed E-state index contributed by atoms with van der Waals surface area (Å²) in [5.41, 5.74) is 6.43. The van der Waals surface area contributed by atoms with Crippen molar-refractivity contribution in [3.63, 3.8) is 0 Å². The number of hydrogen-bond acceptors (Lipinski definition) is 6. The maximum absolute atomic E-state index is 14.1. The number of fused-ring (bicyclic) bond motifs is 3. The van der Waals surface area contributed by atoms with Crippen LogP contribution in [0.2, 0.25) is 0 Å². The lowest BCUT2D eigenvalue weighted by Gasteiger charge is -2.43. The van der Waals surface area contributed by atoms with Gasteiger partial charge < -0.3 is 20.1 Å². The predicted octanol–water partition coefficient (Wildman–Crippen LogP) is 6.01. The summed E-state index contributed by atoms with van der Waals surface area (Å²) in [6.07, 6.45) is 0.440. The van der Waals surface area contributed by atoms with Crippen molar-refractivity contribution < 1.29 is 24.4 Å². The first-order valence-electron chi connectivity index (χ1n) is 14.3. The molecule has 2 amide bonds. The summed E-state index contributed by atoms with van der Waals surface area (Å²) in [5.74, 6) is -1.44. The molecule has 3 aromatic rings. The van der Waals surface area contributed by atoms with E-state index in [1.807, 2.05) is 68.4 Å². The molecule has 0 unspecified atom stereocenters. The second kappa shape index (κ2) is 10.5. The van der Waals surface area contributed by atoms with Gasteiger partial charge >= 0.3 is 7.12 Å². The Balaban J connectivity index is 1.32. The molecule has 0 spiro atoms. The lowest BCUT2D eigenvalue weighted by Crippen LogP contribution is -2.45. The number of phenols is 1. The summed E-state index contributed by atoms with van der Waals surface area (Å²) in [5, 5.41) is 24.9. The molecule has 1 aliphatic carbocycles. The molecule has 2 aliphatic heterocycles. The number of carbonyl (C=O) groups excluding carboxylic acids is 2. The van der Waals surface area contributed by atoms with Crippen LogP contribution in [0.3, 0.4) is 0 Å². The van der Waals surface area contributed by atoms with Crippen LogP contribution in [-0.2, 0) is 14.2 Å².